The monoisotopic (exact) mass is 324 g/mol. The van der Waals surface area contributed by atoms with Gasteiger partial charge in [0.05, 0.1) is 12.5 Å². The lowest BCUT2D eigenvalue weighted by Crippen LogP contribution is -2.43. The number of rotatable bonds is 4. The molecule has 1 aliphatic heterocycles. The molecule has 5 nitrogen and oxygen atoms in total. The highest BCUT2D eigenvalue weighted by molar-refractivity contribution is 5.87. The third kappa shape index (κ3) is 3.56. The SMILES string of the molecule is O=C(O)C[C@@H](NC(=O)N1CC=CCC1)c1cccc2ccccc12. The van der Waals surface area contributed by atoms with Crippen LogP contribution in [0.4, 0.5) is 4.79 Å². The van der Waals surface area contributed by atoms with Gasteiger partial charge in [-0.2, -0.15) is 0 Å². The van der Waals surface area contributed by atoms with Crippen LogP contribution >= 0.6 is 0 Å². The van der Waals surface area contributed by atoms with Crippen molar-refractivity contribution in [3.63, 3.8) is 0 Å². The molecule has 0 unspecified atom stereocenters. The fraction of sp³-hybridized carbons (Fsp3) is 0.263. The maximum atomic E-state index is 12.5. The molecule has 0 fully saturated rings. The number of nitrogens with one attached hydrogen (secondary N) is 1. The molecule has 0 bridgehead atoms. The fourth-order valence-electron chi connectivity index (χ4n) is 3.03. The van der Waals surface area contributed by atoms with Crippen LogP contribution < -0.4 is 5.32 Å². The highest BCUT2D eigenvalue weighted by atomic mass is 16.4. The zero-order valence-corrected chi connectivity index (χ0v) is 13.3. The summed E-state index contributed by atoms with van der Waals surface area (Å²) in [6, 6.07) is 12.8. The number of carbonyl (C=O) groups is 2. The number of nitrogens with zero attached hydrogens (tertiary/aromatic N) is 1. The van der Waals surface area contributed by atoms with E-state index in [1.165, 1.54) is 0 Å². The van der Waals surface area contributed by atoms with Crippen molar-refractivity contribution in [3.8, 4) is 0 Å². The molecule has 5 heteroatoms. The summed E-state index contributed by atoms with van der Waals surface area (Å²) < 4.78 is 0. The van der Waals surface area contributed by atoms with E-state index in [2.05, 4.69) is 5.32 Å². The molecule has 3 rings (SSSR count). The number of aliphatic carboxylic acids is 1. The molecule has 2 aromatic rings. The predicted octanol–water partition coefficient (Wildman–Crippen LogP) is 3.33. The molecule has 0 radical (unpaired) electrons. The topological polar surface area (TPSA) is 69.6 Å². The minimum absolute atomic E-state index is 0.149. The Balaban J connectivity index is 1.89. The summed E-state index contributed by atoms with van der Waals surface area (Å²) in [7, 11) is 0. The molecule has 1 aliphatic rings. The standard InChI is InChI=1S/C19H20N2O3/c22-18(23)13-17(20-19(24)21-11-4-1-5-12-21)16-10-6-8-14-7-2-3-9-15(14)16/h1-4,6-10,17H,5,11-13H2,(H,20,24)(H,22,23)/t17-/m1/s1. The summed E-state index contributed by atoms with van der Waals surface area (Å²) in [5.41, 5.74) is 0.830. The van der Waals surface area contributed by atoms with Gasteiger partial charge >= 0.3 is 12.0 Å². The molecule has 2 aromatic carbocycles. The van der Waals surface area contributed by atoms with E-state index in [4.69, 9.17) is 0 Å². The van der Waals surface area contributed by atoms with Crippen LogP contribution in [0.1, 0.15) is 24.4 Å². The van der Waals surface area contributed by atoms with Crippen molar-refractivity contribution in [2.24, 2.45) is 0 Å². The van der Waals surface area contributed by atoms with E-state index < -0.39 is 12.0 Å². The number of benzene rings is 2. The summed E-state index contributed by atoms with van der Waals surface area (Å²) in [5, 5.41) is 14.2. The maximum absolute atomic E-state index is 12.5. The number of hydrogen-bond donors (Lipinski definition) is 2. The quantitative estimate of drug-likeness (QED) is 0.848. The molecule has 2 N–H and O–H groups in total. The summed E-state index contributed by atoms with van der Waals surface area (Å²) >= 11 is 0. The van der Waals surface area contributed by atoms with Crippen LogP contribution in [-0.4, -0.2) is 35.1 Å². The lowest BCUT2D eigenvalue weighted by Gasteiger charge is -2.27. The van der Waals surface area contributed by atoms with E-state index >= 15 is 0 Å². The zero-order valence-electron chi connectivity index (χ0n) is 13.3. The van der Waals surface area contributed by atoms with Gasteiger partial charge in [-0.1, -0.05) is 54.6 Å². The Labute approximate surface area is 140 Å². The highest BCUT2D eigenvalue weighted by Crippen LogP contribution is 2.26. The Morgan fingerprint density at radius 2 is 1.92 bits per heavy atom. The van der Waals surface area contributed by atoms with Crippen molar-refractivity contribution < 1.29 is 14.7 Å². The van der Waals surface area contributed by atoms with Crippen molar-refractivity contribution in [3.05, 3.63) is 60.2 Å². The molecule has 2 amide bonds. The summed E-state index contributed by atoms with van der Waals surface area (Å²) in [5.74, 6) is -0.938. The van der Waals surface area contributed by atoms with Crippen molar-refractivity contribution >= 4 is 22.8 Å². The second-order valence-corrected chi connectivity index (χ2v) is 5.87. The number of urea groups is 1. The number of hydrogen-bond acceptors (Lipinski definition) is 2. The molecule has 0 spiro atoms. The van der Waals surface area contributed by atoms with Crippen LogP contribution in [0.3, 0.4) is 0 Å². The van der Waals surface area contributed by atoms with Crippen LogP contribution in [0.25, 0.3) is 10.8 Å². The van der Waals surface area contributed by atoms with Gasteiger partial charge in [-0.25, -0.2) is 4.79 Å². The molecular formula is C19H20N2O3. The van der Waals surface area contributed by atoms with E-state index in [1.807, 2.05) is 54.6 Å². The van der Waals surface area contributed by atoms with Crippen LogP contribution in [0.5, 0.6) is 0 Å². The number of carbonyl (C=O) groups excluding carboxylic acids is 1. The third-order valence-electron chi connectivity index (χ3n) is 4.22. The first-order valence-electron chi connectivity index (χ1n) is 8.05. The number of carboxylic acid groups (broad SMARTS) is 1. The molecule has 0 aromatic heterocycles. The van der Waals surface area contributed by atoms with Gasteiger partial charge < -0.3 is 15.3 Å². The first-order valence-corrected chi connectivity index (χ1v) is 8.05. The van der Waals surface area contributed by atoms with Gasteiger partial charge in [0.15, 0.2) is 0 Å². The third-order valence-corrected chi connectivity index (χ3v) is 4.22. The van der Waals surface area contributed by atoms with Gasteiger partial charge in [-0.15, -0.1) is 0 Å². The molecule has 1 atom stereocenters. The summed E-state index contributed by atoms with van der Waals surface area (Å²) in [6.45, 7) is 1.21. The van der Waals surface area contributed by atoms with E-state index in [0.717, 1.165) is 22.8 Å². The minimum atomic E-state index is -0.938. The normalized spacial score (nSPS) is 15.2. The smallest absolute Gasteiger partial charge is 0.318 e. The second-order valence-electron chi connectivity index (χ2n) is 5.87. The minimum Gasteiger partial charge on any atom is -0.481 e. The molecule has 124 valence electrons. The zero-order chi connectivity index (χ0) is 16.9. The Morgan fingerprint density at radius 3 is 2.67 bits per heavy atom. The Hall–Kier alpha value is -2.82. The van der Waals surface area contributed by atoms with E-state index in [-0.39, 0.29) is 12.5 Å². The lowest BCUT2D eigenvalue weighted by atomic mass is 9.97. The lowest BCUT2D eigenvalue weighted by molar-refractivity contribution is -0.137. The number of amides is 2. The second kappa shape index (κ2) is 7.17. The highest BCUT2D eigenvalue weighted by Gasteiger charge is 2.23. The Morgan fingerprint density at radius 1 is 1.12 bits per heavy atom. The van der Waals surface area contributed by atoms with Crippen molar-refractivity contribution in [1.29, 1.82) is 0 Å². The number of fused-ring (bicyclic) bond motifs is 1. The summed E-state index contributed by atoms with van der Waals surface area (Å²) in [6.07, 6.45) is 4.67. The van der Waals surface area contributed by atoms with Gasteiger partial charge in [0.1, 0.15) is 0 Å². The van der Waals surface area contributed by atoms with Crippen LogP contribution in [0, 0.1) is 0 Å². The van der Waals surface area contributed by atoms with Crippen LogP contribution in [0.15, 0.2) is 54.6 Å². The molecule has 24 heavy (non-hydrogen) atoms. The van der Waals surface area contributed by atoms with Gasteiger partial charge in [0.25, 0.3) is 0 Å². The van der Waals surface area contributed by atoms with Gasteiger partial charge in [0.2, 0.25) is 0 Å². The van der Waals surface area contributed by atoms with Gasteiger partial charge in [-0.3, -0.25) is 4.79 Å². The molecule has 0 aliphatic carbocycles. The molecule has 0 saturated carbocycles. The molecule has 0 saturated heterocycles. The van der Waals surface area contributed by atoms with Gasteiger partial charge in [0, 0.05) is 13.1 Å². The van der Waals surface area contributed by atoms with Crippen LogP contribution in [-0.2, 0) is 4.79 Å². The first-order chi connectivity index (χ1) is 11.6. The van der Waals surface area contributed by atoms with Gasteiger partial charge in [-0.05, 0) is 22.8 Å². The summed E-state index contributed by atoms with van der Waals surface area (Å²) in [4.78, 5) is 25.5. The average Bonchev–Trinajstić information content (AvgIpc) is 2.61. The van der Waals surface area contributed by atoms with E-state index in [1.54, 1.807) is 4.90 Å². The van der Waals surface area contributed by atoms with Crippen molar-refractivity contribution in [1.82, 2.24) is 10.2 Å². The van der Waals surface area contributed by atoms with Crippen molar-refractivity contribution in [2.75, 3.05) is 13.1 Å². The van der Waals surface area contributed by atoms with E-state index in [9.17, 15) is 14.7 Å². The first kappa shape index (κ1) is 16.1. The predicted molar refractivity (Wildman–Crippen MR) is 92.8 cm³/mol. The fourth-order valence-corrected chi connectivity index (χ4v) is 3.03. The van der Waals surface area contributed by atoms with Crippen LogP contribution in [0.2, 0.25) is 0 Å². The largest absolute Gasteiger partial charge is 0.481 e. The van der Waals surface area contributed by atoms with E-state index in [0.29, 0.717) is 13.1 Å². The Kier molecular flexibility index (Phi) is 4.79. The Bertz CT molecular complexity index is 780. The maximum Gasteiger partial charge on any atom is 0.318 e. The number of carboxylic acids is 1. The average molecular weight is 324 g/mol. The molecular weight excluding hydrogens is 304 g/mol. The van der Waals surface area contributed by atoms with Crippen molar-refractivity contribution in [2.45, 2.75) is 18.9 Å². The molecule has 1 heterocycles.